The molecule has 21 heavy (non-hydrogen) atoms. The van der Waals surface area contributed by atoms with E-state index in [-0.39, 0.29) is 0 Å². The van der Waals surface area contributed by atoms with Gasteiger partial charge in [0.25, 0.3) is 0 Å². The topological polar surface area (TPSA) is 34.0 Å². The highest BCUT2D eigenvalue weighted by Gasteiger charge is 2.25. The summed E-state index contributed by atoms with van der Waals surface area (Å²) in [5.41, 5.74) is 3.77. The van der Waals surface area contributed by atoms with Crippen LogP contribution in [0.25, 0.3) is 0 Å². The lowest BCUT2D eigenvalue weighted by Crippen LogP contribution is -2.35. The number of hydrogen-bond donors (Lipinski definition) is 0. The largest absolute Gasteiger partial charge is 0.298 e. The SMILES string of the molecule is Cc1cc(C)n(C[C@H]2CCCN2CCc2ccncc2)n1. The molecule has 0 aromatic carbocycles. The average Bonchev–Trinajstić information content (AvgIpc) is 3.05. The van der Waals surface area contributed by atoms with Gasteiger partial charge in [0.05, 0.1) is 12.2 Å². The van der Waals surface area contributed by atoms with Crippen LogP contribution in [-0.2, 0) is 13.0 Å². The van der Waals surface area contributed by atoms with Crippen LogP contribution < -0.4 is 0 Å². The number of hydrogen-bond acceptors (Lipinski definition) is 3. The van der Waals surface area contributed by atoms with Gasteiger partial charge in [0.15, 0.2) is 0 Å². The average molecular weight is 284 g/mol. The van der Waals surface area contributed by atoms with Gasteiger partial charge in [0, 0.05) is 30.7 Å². The molecule has 0 spiro atoms. The minimum absolute atomic E-state index is 0.629. The van der Waals surface area contributed by atoms with E-state index in [1.54, 1.807) is 0 Å². The van der Waals surface area contributed by atoms with Gasteiger partial charge in [-0.1, -0.05) is 0 Å². The first-order valence-electron chi connectivity index (χ1n) is 7.86. The zero-order chi connectivity index (χ0) is 14.7. The van der Waals surface area contributed by atoms with Gasteiger partial charge in [-0.2, -0.15) is 5.10 Å². The highest BCUT2D eigenvalue weighted by molar-refractivity contribution is 5.10. The summed E-state index contributed by atoms with van der Waals surface area (Å²) < 4.78 is 2.17. The summed E-state index contributed by atoms with van der Waals surface area (Å²) in [4.78, 5) is 6.70. The van der Waals surface area contributed by atoms with Crippen LogP contribution in [0.4, 0.5) is 0 Å². The van der Waals surface area contributed by atoms with Crippen molar-refractivity contribution in [1.82, 2.24) is 19.7 Å². The Labute approximate surface area is 126 Å². The van der Waals surface area contributed by atoms with Gasteiger partial charge in [0.2, 0.25) is 0 Å². The molecule has 0 N–H and O–H groups in total. The monoisotopic (exact) mass is 284 g/mol. The molecule has 0 unspecified atom stereocenters. The molecule has 0 bridgehead atoms. The van der Waals surface area contributed by atoms with Crippen LogP contribution in [0.15, 0.2) is 30.6 Å². The predicted octanol–water partition coefficient (Wildman–Crippen LogP) is 2.60. The van der Waals surface area contributed by atoms with E-state index < -0.39 is 0 Å². The summed E-state index contributed by atoms with van der Waals surface area (Å²) in [5, 5.41) is 4.61. The molecule has 2 aromatic heterocycles. The van der Waals surface area contributed by atoms with E-state index in [1.807, 2.05) is 12.4 Å². The molecule has 1 atom stereocenters. The van der Waals surface area contributed by atoms with E-state index in [1.165, 1.54) is 30.6 Å². The van der Waals surface area contributed by atoms with Gasteiger partial charge in [0.1, 0.15) is 0 Å². The van der Waals surface area contributed by atoms with Crippen molar-refractivity contribution in [3.05, 3.63) is 47.5 Å². The number of nitrogens with zero attached hydrogens (tertiary/aromatic N) is 4. The van der Waals surface area contributed by atoms with Crippen molar-refractivity contribution in [3.63, 3.8) is 0 Å². The third-order valence-electron chi connectivity index (χ3n) is 4.42. The van der Waals surface area contributed by atoms with Crippen molar-refractivity contribution in [1.29, 1.82) is 0 Å². The molecule has 0 aliphatic carbocycles. The Morgan fingerprint density at radius 1 is 1.24 bits per heavy atom. The highest BCUT2D eigenvalue weighted by Crippen LogP contribution is 2.20. The summed E-state index contributed by atoms with van der Waals surface area (Å²) in [6.45, 7) is 7.59. The van der Waals surface area contributed by atoms with Crippen LogP contribution in [0.2, 0.25) is 0 Å². The van der Waals surface area contributed by atoms with Gasteiger partial charge >= 0.3 is 0 Å². The molecule has 0 amide bonds. The molecule has 2 aromatic rings. The Hall–Kier alpha value is -1.68. The number of likely N-dealkylation sites (tertiary alicyclic amines) is 1. The quantitative estimate of drug-likeness (QED) is 0.846. The molecule has 4 nitrogen and oxygen atoms in total. The van der Waals surface area contributed by atoms with Gasteiger partial charge in [-0.3, -0.25) is 14.6 Å². The first kappa shape index (κ1) is 14.3. The number of aryl methyl sites for hydroxylation is 2. The molecule has 3 heterocycles. The Morgan fingerprint density at radius 3 is 2.76 bits per heavy atom. The summed E-state index contributed by atoms with van der Waals surface area (Å²) >= 11 is 0. The van der Waals surface area contributed by atoms with Crippen LogP contribution in [0.3, 0.4) is 0 Å². The predicted molar refractivity (Wildman–Crippen MR) is 84.2 cm³/mol. The van der Waals surface area contributed by atoms with Crippen molar-refractivity contribution in [2.24, 2.45) is 0 Å². The summed E-state index contributed by atoms with van der Waals surface area (Å²) in [5.74, 6) is 0. The third kappa shape index (κ3) is 3.50. The first-order chi connectivity index (χ1) is 10.2. The molecular formula is C17H24N4. The molecule has 0 radical (unpaired) electrons. The van der Waals surface area contributed by atoms with Crippen LogP contribution in [0, 0.1) is 13.8 Å². The van der Waals surface area contributed by atoms with E-state index in [9.17, 15) is 0 Å². The third-order valence-corrected chi connectivity index (χ3v) is 4.42. The maximum Gasteiger partial charge on any atom is 0.0596 e. The fourth-order valence-corrected chi connectivity index (χ4v) is 3.28. The van der Waals surface area contributed by atoms with Gasteiger partial charge in [-0.05, 0) is 63.4 Å². The molecular weight excluding hydrogens is 260 g/mol. The standard InChI is InChI=1S/C17H24N4/c1-14-12-15(2)21(19-14)13-17-4-3-10-20(17)11-7-16-5-8-18-9-6-16/h5-6,8-9,12,17H,3-4,7,10-11,13H2,1-2H3/t17-/m1/s1. The van der Waals surface area contributed by atoms with Crippen molar-refractivity contribution in [2.75, 3.05) is 13.1 Å². The summed E-state index contributed by atoms with van der Waals surface area (Å²) in [7, 11) is 0. The van der Waals surface area contributed by atoms with Gasteiger partial charge in [-0.15, -0.1) is 0 Å². The lowest BCUT2D eigenvalue weighted by atomic mass is 10.1. The minimum Gasteiger partial charge on any atom is -0.298 e. The Bertz CT molecular complexity index is 576. The maximum atomic E-state index is 4.61. The zero-order valence-corrected chi connectivity index (χ0v) is 13.0. The molecule has 4 heteroatoms. The van der Waals surface area contributed by atoms with Gasteiger partial charge in [-0.25, -0.2) is 0 Å². The molecule has 3 rings (SSSR count). The molecule has 1 fully saturated rings. The minimum atomic E-state index is 0.629. The van der Waals surface area contributed by atoms with E-state index in [4.69, 9.17) is 0 Å². The Kier molecular flexibility index (Phi) is 4.34. The normalized spacial score (nSPS) is 19.2. The Morgan fingerprint density at radius 2 is 2.05 bits per heavy atom. The second-order valence-electron chi connectivity index (χ2n) is 6.05. The van der Waals surface area contributed by atoms with Crippen molar-refractivity contribution < 1.29 is 0 Å². The maximum absolute atomic E-state index is 4.61. The second kappa shape index (κ2) is 6.39. The number of aromatic nitrogens is 3. The van der Waals surface area contributed by atoms with Crippen LogP contribution in [0.1, 0.15) is 29.8 Å². The number of pyridine rings is 1. The second-order valence-corrected chi connectivity index (χ2v) is 6.05. The summed E-state index contributed by atoms with van der Waals surface area (Å²) in [6, 6.07) is 7.03. The van der Waals surface area contributed by atoms with Crippen molar-refractivity contribution in [2.45, 2.75) is 45.7 Å². The summed E-state index contributed by atoms with van der Waals surface area (Å²) in [6.07, 6.45) is 7.46. The fourth-order valence-electron chi connectivity index (χ4n) is 3.28. The van der Waals surface area contributed by atoms with E-state index >= 15 is 0 Å². The van der Waals surface area contributed by atoms with Crippen LogP contribution in [-0.4, -0.2) is 38.8 Å². The van der Waals surface area contributed by atoms with Crippen LogP contribution >= 0.6 is 0 Å². The van der Waals surface area contributed by atoms with E-state index in [0.29, 0.717) is 6.04 Å². The molecule has 1 aliphatic heterocycles. The molecule has 1 saturated heterocycles. The van der Waals surface area contributed by atoms with Crippen LogP contribution in [0.5, 0.6) is 0 Å². The highest BCUT2D eigenvalue weighted by atomic mass is 15.3. The first-order valence-corrected chi connectivity index (χ1v) is 7.86. The zero-order valence-electron chi connectivity index (χ0n) is 13.0. The van der Waals surface area contributed by atoms with Crippen molar-refractivity contribution >= 4 is 0 Å². The fraction of sp³-hybridized carbons (Fsp3) is 0.529. The number of rotatable bonds is 5. The molecule has 0 saturated carbocycles. The Balaban J connectivity index is 1.59. The lowest BCUT2D eigenvalue weighted by Gasteiger charge is -2.24. The molecule has 1 aliphatic rings. The smallest absolute Gasteiger partial charge is 0.0596 e. The van der Waals surface area contributed by atoms with E-state index in [0.717, 1.165) is 25.2 Å². The van der Waals surface area contributed by atoms with E-state index in [2.05, 4.69) is 51.7 Å². The van der Waals surface area contributed by atoms with Gasteiger partial charge < -0.3 is 0 Å². The van der Waals surface area contributed by atoms with Crippen molar-refractivity contribution in [3.8, 4) is 0 Å². The lowest BCUT2D eigenvalue weighted by molar-refractivity contribution is 0.228. The molecule has 112 valence electrons.